The molecule has 1 atom stereocenters. The van der Waals surface area contributed by atoms with Crippen molar-refractivity contribution in [3.8, 4) is 0 Å². The Morgan fingerprint density at radius 2 is 1.93 bits per heavy atom. The van der Waals surface area contributed by atoms with Gasteiger partial charge in [-0.15, -0.1) is 0 Å². The monoisotopic (exact) mass is 217 g/mol. The third-order valence-corrected chi connectivity index (χ3v) is 2.69. The van der Waals surface area contributed by atoms with Gasteiger partial charge in [-0.05, 0) is 34.1 Å². The second-order valence-corrected chi connectivity index (χ2v) is 5.18. The standard InChI is InChI=1S/C11H23NO3/c1-10(2)8-9(11(3,4)15-10)12-14-7-6-13-5/h9,12H,6-8H2,1-5H3. The van der Waals surface area contributed by atoms with Crippen LogP contribution >= 0.6 is 0 Å². The molecule has 1 N–H and O–H groups in total. The van der Waals surface area contributed by atoms with E-state index in [-0.39, 0.29) is 17.2 Å². The first-order valence-corrected chi connectivity index (χ1v) is 5.44. The van der Waals surface area contributed by atoms with Crippen molar-refractivity contribution in [1.29, 1.82) is 0 Å². The third kappa shape index (κ3) is 3.72. The molecule has 1 aliphatic rings. The molecule has 1 unspecified atom stereocenters. The molecule has 1 heterocycles. The van der Waals surface area contributed by atoms with Gasteiger partial charge in [-0.1, -0.05) is 0 Å². The summed E-state index contributed by atoms with van der Waals surface area (Å²) in [6.07, 6.45) is 0.951. The van der Waals surface area contributed by atoms with E-state index in [0.29, 0.717) is 13.2 Å². The van der Waals surface area contributed by atoms with Gasteiger partial charge in [0.15, 0.2) is 0 Å². The van der Waals surface area contributed by atoms with Crippen molar-refractivity contribution in [2.45, 2.75) is 51.4 Å². The maximum atomic E-state index is 5.93. The molecule has 1 rings (SSSR count). The van der Waals surface area contributed by atoms with Gasteiger partial charge in [0.2, 0.25) is 0 Å². The van der Waals surface area contributed by atoms with Crippen LogP contribution in [0.2, 0.25) is 0 Å². The van der Waals surface area contributed by atoms with Crippen molar-refractivity contribution < 1.29 is 14.3 Å². The van der Waals surface area contributed by atoms with Gasteiger partial charge in [-0.2, -0.15) is 5.48 Å². The predicted molar refractivity (Wildman–Crippen MR) is 58.6 cm³/mol. The molecule has 0 saturated carbocycles. The lowest BCUT2D eigenvalue weighted by Crippen LogP contribution is -2.43. The quantitative estimate of drug-likeness (QED) is 0.559. The smallest absolute Gasteiger partial charge is 0.0916 e. The van der Waals surface area contributed by atoms with Crippen molar-refractivity contribution in [3.05, 3.63) is 0 Å². The van der Waals surface area contributed by atoms with Crippen LogP contribution in [0.5, 0.6) is 0 Å². The van der Waals surface area contributed by atoms with Gasteiger partial charge in [0, 0.05) is 7.11 Å². The van der Waals surface area contributed by atoms with Crippen LogP contribution in [-0.4, -0.2) is 37.6 Å². The van der Waals surface area contributed by atoms with Gasteiger partial charge < -0.3 is 9.47 Å². The molecule has 0 aliphatic carbocycles. The second-order valence-electron chi connectivity index (χ2n) is 5.18. The van der Waals surface area contributed by atoms with E-state index in [2.05, 4.69) is 33.2 Å². The molecule has 0 aromatic rings. The van der Waals surface area contributed by atoms with Crippen LogP contribution in [0.1, 0.15) is 34.1 Å². The van der Waals surface area contributed by atoms with Crippen molar-refractivity contribution >= 4 is 0 Å². The zero-order valence-electron chi connectivity index (χ0n) is 10.4. The van der Waals surface area contributed by atoms with Crippen LogP contribution in [0, 0.1) is 0 Å². The second kappa shape index (κ2) is 4.78. The molecular formula is C11H23NO3. The summed E-state index contributed by atoms with van der Waals surface area (Å²) in [5.74, 6) is 0. The maximum absolute atomic E-state index is 5.93. The van der Waals surface area contributed by atoms with Crippen LogP contribution in [0.25, 0.3) is 0 Å². The molecule has 0 aromatic heterocycles. The van der Waals surface area contributed by atoms with Gasteiger partial charge in [0.25, 0.3) is 0 Å². The lowest BCUT2D eigenvalue weighted by Gasteiger charge is -2.27. The SMILES string of the molecule is COCCONC1CC(C)(C)OC1(C)C. The zero-order chi connectivity index (χ0) is 11.5. The van der Waals surface area contributed by atoms with Gasteiger partial charge >= 0.3 is 0 Å². The van der Waals surface area contributed by atoms with E-state index in [1.54, 1.807) is 7.11 Å². The van der Waals surface area contributed by atoms with Crippen molar-refractivity contribution in [2.24, 2.45) is 0 Å². The molecule has 15 heavy (non-hydrogen) atoms. The summed E-state index contributed by atoms with van der Waals surface area (Å²) >= 11 is 0. The Labute approximate surface area is 92.2 Å². The van der Waals surface area contributed by atoms with Crippen molar-refractivity contribution in [2.75, 3.05) is 20.3 Å². The largest absolute Gasteiger partial charge is 0.382 e. The fourth-order valence-corrected chi connectivity index (χ4v) is 2.03. The summed E-state index contributed by atoms with van der Waals surface area (Å²) in [4.78, 5) is 5.33. The zero-order valence-corrected chi connectivity index (χ0v) is 10.4. The number of hydroxylamine groups is 1. The molecule has 0 radical (unpaired) electrons. The number of rotatable bonds is 5. The van der Waals surface area contributed by atoms with E-state index >= 15 is 0 Å². The Hall–Kier alpha value is -0.160. The first-order valence-electron chi connectivity index (χ1n) is 5.44. The van der Waals surface area contributed by atoms with Crippen LogP contribution in [0.15, 0.2) is 0 Å². The van der Waals surface area contributed by atoms with E-state index in [1.807, 2.05) is 0 Å². The van der Waals surface area contributed by atoms with E-state index in [4.69, 9.17) is 14.3 Å². The van der Waals surface area contributed by atoms with Crippen molar-refractivity contribution in [1.82, 2.24) is 5.48 Å². The van der Waals surface area contributed by atoms with Crippen LogP contribution in [-0.2, 0) is 14.3 Å². The minimum atomic E-state index is -0.184. The normalized spacial score (nSPS) is 28.2. The third-order valence-electron chi connectivity index (χ3n) is 2.69. The number of hydrogen-bond acceptors (Lipinski definition) is 4. The fourth-order valence-electron chi connectivity index (χ4n) is 2.03. The Morgan fingerprint density at radius 3 is 2.40 bits per heavy atom. The number of methoxy groups -OCH3 is 1. The van der Waals surface area contributed by atoms with Gasteiger partial charge in [-0.25, -0.2) is 0 Å². The molecule has 0 aromatic carbocycles. The van der Waals surface area contributed by atoms with Crippen LogP contribution in [0.3, 0.4) is 0 Å². The first kappa shape index (κ1) is 12.9. The molecule has 4 nitrogen and oxygen atoms in total. The Morgan fingerprint density at radius 1 is 1.27 bits per heavy atom. The minimum Gasteiger partial charge on any atom is -0.382 e. The first-order chi connectivity index (χ1) is 6.87. The summed E-state index contributed by atoms with van der Waals surface area (Å²) in [6.45, 7) is 9.53. The van der Waals surface area contributed by atoms with Crippen molar-refractivity contribution in [3.63, 3.8) is 0 Å². The van der Waals surface area contributed by atoms with Crippen LogP contribution in [0.4, 0.5) is 0 Å². The molecule has 90 valence electrons. The molecule has 1 fully saturated rings. The average molecular weight is 217 g/mol. The lowest BCUT2D eigenvalue weighted by atomic mass is 9.95. The molecule has 1 saturated heterocycles. The lowest BCUT2D eigenvalue weighted by molar-refractivity contribution is -0.0900. The Bertz CT molecular complexity index is 204. The van der Waals surface area contributed by atoms with E-state index < -0.39 is 0 Å². The maximum Gasteiger partial charge on any atom is 0.0916 e. The number of nitrogens with one attached hydrogen (secondary N) is 1. The van der Waals surface area contributed by atoms with E-state index in [0.717, 1.165) is 6.42 Å². The molecule has 0 spiro atoms. The summed E-state index contributed by atoms with van der Waals surface area (Å²) in [7, 11) is 1.66. The van der Waals surface area contributed by atoms with E-state index in [1.165, 1.54) is 0 Å². The molecule has 0 amide bonds. The Kier molecular flexibility index (Phi) is 4.12. The van der Waals surface area contributed by atoms with E-state index in [9.17, 15) is 0 Å². The highest BCUT2D eigenvalue weighted by molar-refractivity contribution is 4.97. The average Bonchev–Trinajstić information content (AvgIpc) is 2.28. The number of hydrogen-bond donors (Lipinski definition) is 1. The van der Waals surface area contributed by atoms with Gasteiger partial charge in [-0.3, -0.25) is 4.84 Å². The molecule has 4 heteroatoms. The van der Waals surface area contributed by atoms with Gasteiger partial charge in [0.1, 0.15) is 0 Å². The fraction of sp³-hybridized carbons (Fsp3) is 1.00. The topological polar surface area (TPSA) is 39.7 Å². The molecular weight excluding hydrogens is 194 g/mol. The highest BCUT2D eigenvalue weighted by Gasteiger charge is 2.45. The van der Waals surface area contributed by atoms with Crippen LogP contribution < -0.4 is 5.48 Å². The highest BCUT2D eigenvalue weighted by atomic mass is 16.7. The summed E-state index contributed by atoms with van der Waals surface area (Å²) in [5, 5.41) is 0. The number of ether oxygens (including phenoxy) is 2. The highest BCUT2D eigenvalue weighted by Crippen LogP contribution is 2.37. The predicted octanol–water partition coefficient (Wildman–Crippen LogP) is 1.50. The molecule has 1 aliphatic heterocycles. The summed E-state index contributed by atoms with van der Waals surface area (Å²) < 4.78 is 10.8. The summed E-state index contributed by atoms with van der Waals surface area (Å²) in [6, 6.07) is 0.226. The minimum absolute atomic E-state index is 0.0776. The summed E-state index contributed by atoms with van der Waals surface area (Å²) in [5.41, 5.74) is 2.80. The Balaban J connectivity index is 2.35. The molecule has 0 bridgehead atoms. The van der Waals surface area contributed by atoms with Gasteiger partial charge in [0.05, 0.1) is 30.5 Å².